The lowest BCUT2D eigenvalue weighted by Crippen LogP contribution is -2.76. The molecule has 2 fully saturated rings. The molecule has 0 radical (unpaired) electrons. The van der Waals surface area contributed by atoms with Crippen LogP contribution in [0.15, 0.2) is 67.3 Å². The van der Waals surface area contributed by atoms with Gasteiger partial charge in [-0.2, -0.15) is 18.2 Å². The number of alkyl carbamates (subject to hydrolysis) is 1. The Bertz CT molecular complexity index is 1460. The van der Waals surface area contributed by atoms with Crippen molar-refractivity contribution in [2.24, 2.45) is 0 Å². The number of urea groups is 1. The van der Waals surface area contributed by atoms with Gasteiger partial charge >= 0.3 is 18.3 Å². The van der Waals surface area contributed by atoms with Crippen LogP contribution in [0.25, 0.3) is 0 Å². The van der Waals surface area contributed by atoms with Crippen LogP contribution in [0.3, 0.4) is 0 Å². The van der Waals surface area contributed by atoms with Gasteiger partial charge in [-0.15, -0.1) is 6.42 Å². The van der Waals surface area contributed by atoms with Crippen molar-refractivity contribution >= 4 is 23.9 Å². The van der Waals surface area contributed by atoms with Crippen LogP contribution in [-0.4, -0.2) is 95.3 Å². The molecule has 250 valence electrons. The Morgan fingerprint density at radius 2 is 1.79 bits per heavy atom. The minimum Gasteiger partial charge on any atom is -0.445 e. The number of hydrazine groups is 1. The lowest BCUT2D eigenvalue weighted by Gasteiger charge is -2.55. The molecular weight excluding hydrogens is 617 g/mol. The zero-order chi connectivity index (χ0) is 34.0. The molecule has 2 saturated heterocycles. The summed E-state index contributed by atoms with van der Waals surface area (Å²) in [6.45, 7) is 3.67. The van der Waals surface area contributed by atoms with E-state index in [2.05, 4.69) is 23.1 Å². The smallest absolute Gasteiger partial charge is 0.416 e. The number of amides is 5. The van der Waals surface area contributed by atoms with Gasteiger partial charge in [0.2, 0.25) is 11.8 Å². The molecule has 2 aromatic carbocycles. The van der Waals surface area contributed by atoms with Crippen LogP contribution >= 0.6 is 0 Å². The number of benzene rings is 2. The van der Waals surface area contributed by atoms with E-state index < -0.39 is 42.0 Å². The second kappa shape index (κ2) is 16.0. The number of hydrogen-bond acceptors (Lipinski definition) is 6. The van der Waals surface area contributed by atoms with Gasteiger partial charge in [0.1, 0.15) is 18.8 Å². The van der Waals surface area contributed by atoms with Gasteiger partial charge in [0.05, 0.1) is 25.2 Å². The van der Waals surface area contributed by atoms with Crippen LogP contribution < -0.4 is 10.6 Å². The van der Waals surface area contributed by atoms with Crippen LogP contribution in [0, 0.1) is 12.3 Å². The fourth-order valence-corrected chi connectivity index (χ4v) is 5.57. The van der Waals surface area contributed by atoms with E-state index in [1.165, 1.54) is 38.0 Å². The van der Waals surface area contributed by atoms with Gasteiger partial charge in [-0.25, -0.2) is 14.6 Å². The summed E-state index contributed by atoms with van der Waals surface area (Å²) in [7, 11) is 0. The van der Waals surface area contributed by atoms with E-state index in [1.807, 2.05) is 30.3 Å². The molecule has 0 spiro atoms. The van der Waals surface area contributed by atoms with Crippen molar-refractivity contribution in [1.29, 1.82) is 0 Å². The number of rotatable bonds is 12. The number of piperazine rings is 1. The monoisotopic (exact) mass is 654 g/mol. The minimum atomic E-state index is -4.47. The first-order valence-corrected chi connectivity index (χ1v) is 15.1. The molecule has 2 N–H and O–H groups in total. The van der Waals surface area contributed by atoms with Gasteiger partial charge in [0.15, 0.2) is 0 Å². The van der Waals surface area contributed by atoms with E-state index in [1.54, 1.807) is 0 Å². The number of ether oxygens (including phenoxy) is 1. The van der Waals surface area contributed by atoms with Crippen LogP contribution in [0.5, 0.6) is 0 Å². The van der Waals surface area contributed by atoms with E-state index >= 15 is 0 Å². The molecule has 4 rings (SSSR count). The lowest BCUT2D eigenvalue weighted by molar-refractivity contribution is -0.189. The topological polar surface area (TPSA) is 115 Å². The number of nitrogens with zero attached hydrogens (tertiary/aromatic N) is 4. The molecule has 11 nitrogen and oxygen atoms in total. The van der Waals surface area contributed by atoms with E-state index in [0.29, 0.717) is 12.0 Å². The van der Waals surface area contributed by atoms with Gasteiger partial charge in [-0.1, -0.05) is 61.0 Å². The first kappa shape index (κ1) is 34.8. The molecule has 14 heteroatoms. The minimum absolute atomic E-state index is 0.0289. The fourth-order valence-electron chi connectivity index (χ4n) is 5.57. The summed E-state index contributed by atoms with van der Waals surface area (Å²) in [5.41, 5.74) is 0.654. The Morgan fingerprint density at radius 3 is 2.45 bits per heavy atom. The average Bonchev–Trinajstić information content (AvgIpc) is 3.05. The summed E-state index contributed by atoms with van der Waals surface area (Å²) < 4.78 is 44.1. The fraction of sp³-hybridized carbons (Fsp3) is 0.394. The molecule has 47 heavy (non-hydrogen) atoms. The number of alkyl halides is 3. The first-order chi connectivity index (χ1) is 22.5. The van der Waals surface area contributed by atoms with Crippen molar-refractivity contribution in [1.82, 2.24) is 30.5 Å². The molecule has 5 amide bonds. The van der Waals surface area contributed by atoms with E-state index in [-0.39, 0.29) is 64.6 Å². The third kappa shape index (κ3) is 9.04. The molecule has 0 aromatic heterocycles. The predicted molar refractivity (Wildman–Crippen MR) is 166 cm³/mol. The molecule has 0 bridgehead atoms. The van der Waals surface area contributed by atoms with Crippen molar-refractivity contribution in [3.05, 3.63) is 83.9 Å². The average molecular weight is 655 g/mol. The number of terminal acetylenes is 1. The zero-order valence-electron chi connectivity index (χ0n) is 25.7. The maximum atomic E-state index is 13.9. The van der Waals surface area contributed by atoms with Crippen molar-refractivity contribution in [3.8, 4) is 12.3 Å². The van der Waals surface area contributed by atoms with Crippen LogP contribution in [0.1, 0.15) is 29.5 Å². The second-order valence-corrected chi connectivity index (χ2v) is 11.0. The summed E-state index contributed by atoms with van der Waals surface area (Å²) in [5.74, 6) is 1.72. The Morgan fingerprint density at radius 1 is 1.06 bits per heavy atom. The largest absolute Gasteiger partial charge is 0.445 e. The van der Waals surface area contributed by atoms with Crippen LogP contribution in [0.2, 0.25) is 0 Å². The third-order valence-electron chi connectivity index (χ3n) is 7.81. The van der Waals surface area contributed by atoms with Crippen LogP contribution in [0.4, 0.5) is 22.8 Å². The quantitative estimate of drug-likeness (QED) is 0.206. The van der Waals surface area contributed by atoms with Gasteiger partial charge in [0.25, 0.3) is 0 Å². The van der Waals surface area contributed by atoms with Gasteiger partial charge < -0.3 is 25.2 Å². The summed E-state index contributed by atoms with van der Waals surface area (Å²) in [4.78, 5) is 56.0. The number of carbonyl (C=O) groups is 4. The Balaban J connectivity index is 1.57. The third-order valence-corrected chi connectivity index (χ3v) is 7.81. The lowest BCUT2D eigenvalue weighted by atomic mass is 10.0. The molecule has 2 aliphatic rings. The molecule has 2 heterocycles. The number of carbonyl (C=O) groups excluding carboxylic acids is 4. The van der Waals surface area contributed by atoms with Crippen molar-refractivity contribution in [2.75, 3.05) is 39.3 Å². The number of hydrogen-bond donors (Lipinski definition) is 2. The highest BCUT2D eigenvalue weighted by atomic mass is 19.4. The normalized spacial score (nSPS) is 18.3. The van der Waals surface area contributed by atoms with Crippen LogP contribution in [-0.2, 0) is 33.5 Å². The highest BCUT2D eigenvalue weighted by molar-refractivity contribution is 5.91. The summed E-state index contributed by atoms with van der Waals surface area (Å²) in [6.07, 6.45) is 1.68. The molecule has 2 aliphatic heterocycles. The SMILES string of the molecule is C#CCN1CC(=O)N2[C@@H](CCCNC(=O)OCC=C)C(=O)N(CCc3ccc(C(F)(F)F)cc3)C[C@@H]2N1C(=O)NCc1ccccc1. The number of fused-ring (bicyclic) bond motifs is 1. The van der Waals surface area contributed by atoms with E-state index in [9.17, 15) is 32.3 Å². The van der Waals surface area contributed by atoms with Crippen molar-refractivity contribution in [3.63, 3.8) is 0 Å². The zero-order valence-corrected chi connectivity index (χ0v) is 25.7. The maximum absolute atomic E-state index is 13.9. The number of halogens is 3. The standard InChI is InChI=1S/C33H37F3N6O5/c1-3-18-40-23-29(43)41-27(11-8-17-37-32(46)47-20-4-2)30(44)39(19-16-24-12-14-26(15-13-24)33(34,35)36)22-28(41)42(40)31(45)38-21-25-9-6-5-7-10-25/h1,4-7,9-10,12-15,27-28H,2,8,11,16-23H2,(H,37,46)(H,38,45)/t27-,28-/m0/s1. The molecule has 0 aliphatic carbocycles. The van der Waals surface area contributed by atoms with Crippen molar-refractivity contribution in [2.45, 2.75) is 44.2 Å². The summed E-state index contributed by atoms with van der Waals surface area (Å²) in [5, 5.41) is 8.30. The molecule has 0 unspecified atom stereocenters. The molecule has 2 aromatic rings. The summed E-state index contributed by atoms with van der Waals surface area (Å²) >= 11 is 0. The molecule has 2 atom stereocenters. The Labute approximate surface area is 271 Å². The van der Waals surface area contributed by atoms with Gasteiger partial charge in [-0.3, -0.25) is 9.59 Å². The highest BCUT2D eigenvalue weighted by Gasteiger charge is 2.51. The van der Waals surface area contributed by atoms with E-state index in [0.717, 1.165) is 17.7 Å². The molecular formula is C33H37F3N6O5. The Kier molecular flexibility index (Phi) is 11.9. The maximum Gasteiger partial charge on any atom is 0.416 e. The highest BCUT2D eigenvalue weighted by Crippen LogP contribution is 2.30. The Hall–Kier alpha value is -5.03. The first-order valence-electron chi connectivity index (χ1n) is 15.1. The molecule has 0 saturated carbocycles. The number of nitrogens with one attached hydrogen (secondary N) is 2. The van der Waals surface area contributed by atoms with Gasteiger partial charge in [-0.05, 0) is 42.5 Å². The summed E-state index contributed by atoms with van der Waals surface area (Å²) in [6, 6.07) is 12.4. The predicted octanol–water partition coefficient (Wildman–Crippen LogP) is 3.38. The van der Waals surface area contributed by atoms with Crippen molar-refractivity contribution < 1.29 is 37.1 Å². The van der Waals surface area contributed by atoms with Gasteiger partial charge in [0, 0.05) is 19.6 Å². The van der Waals surface area contributed by atoms with E-state index in [4.69, 9.17) is 11.2 Å². The second-order valence-electron chi connectivity index (χ2n) is 11.0.